The van der Waals surface area contributed by atoms with Crippen molar-refractivity contribution in [2.45, 2.75) is 33.6 Å². The maximum Gasteiger partial charge on any atom is 0.0448 e. The van der Waals surface area contributed by atoms with Gasteiger partial charge in [-0.15, -0.1) is 6.58 Å². The first-order valence-corrected chi connectivity index (χ1v) is 5.28. The Hall–Kier alpha value is -0.790. The molecule has 0 spiro atoms. The first-order valence-electron chi connectivity index (χ1n) is 5.28. The summed E-state index contributed by atoms with van der Waals surface area (Å²) in [7, 11) is 0. The second-order valence-corrected chi connectivity index (χ2v) is 4.84. The largest absolute Gasteiger partial charge is 0.550 e. The summed E-state index contributed by atoms with van der Waals surface area (Å²) in [6, 6.07) is 0. The van der Waals surface area contributed by atoms with E-state index in [2.05, 4.69) is 20.4 Å². The Morgan fingerprint density at radius 1 is 1.71 bits per heavy atom. The van der Waals surface area contributed by atoms with Crippen molar-refractivity contribution in [3.05, 3.63) is 12.7 Å². The van der Waals surface area contributed by atoms with Gasteiger partial charge < -0.3 is 9.90 Å². The van der Waals surface area contributed by atoms with E-state index in [9.17, 15) is 9.90 Å². The smallest absolute Gasteiger partial charge is 0.0448 e. The van der Waals surface area contributed by atoms with E-state index in [1.807, 2.05) is 13.0 Å². The number of carbonyl (C=O) groups excluding carboxylic acids is 1. The fourth-order valence-electron chi connectivity index (χ4n) is 2.69. The van der Waals surface area contributed by atoms with Crippen molar-refractivity contribution in [2.75, 3.05) is 0 Å². The van der Waals surface area contributed by atoms with Crippen molar-refractivity contribution in [2.24, 2.45) is 23.2 Å². The number of rotatable bonds is 4. The summed E-state index contributed by atoms with van der Waals surface area (Å²) >= 11 is 0. The molecular weight excluding hydrogens is 176 g/mol. The second kappa shape index (κ2) is 3.76. The minimum Gasteiger partial charge on any atom is -0.550 e. The number of carbonyl (C=O) groups is 1. The van der Waals surface area contributed by atoms with Crippen LogP contribution >= 0.6 is 0 Å². The predicted octanol–water partition coefficient (Wildman–Crippen LogP) is 1.61. The first-order chi connectivity index (χ1) is 6.45. The lowest BCUT2D eigenvalue weighted by molar-refractivity contribution is -0.316. The van der Waals surface area contributed by atoms with Crippen molar-refractivity contribution in [3.8, 4) is 0 Å². The molecule has 0 aromatic carbocycles. The molecule has 2 heteroatoms. The standard InChI is InChI=1S/C12H20O2/c1-5-8-7-10(12(8,3)4)9(6-2)11(13)14/h5,8-10H,1,6-7H2,2-4H3,(H,13,14)/p-1. The zero-order valence-corrected chi connectivity index (χ0v) is 9.25. The van der Waals surface area contributed by atoms with Gasteiger partial charge in [0.15, 0.2) is 0 Å². The van der Waals surface area contributed by atoms with E-state index in [0.717, 1.165) is 6.42 Å². The highest BCUT2D eigenvalue weighted by molar-refractivity contribution is 5.68. The van der Waals surface area contributed by atoms with Gasteiger partial charge in [-0.05, 0) is 30.1 Å². The molecule has 0 aliphatic heterocycles. The lowest BCUT2D eigenvalue weighted by atomic mass is 9.51. The molecule has 1 rings (SSSR count). The molecule has 80 valence electrons. The first kappa shape index (κ1) is 11.3. The normalized spacial score (nSPS) is 31.6. The van der Waals surface area contributed by atoms with Crippen LogP contribution in [0.3, 0.4) is 0 Å². The molecule has 0 N–H and O–H groups in total. The Kier molecular flexibility index (Phi) is 3.03. The fraction of sp³-hybridized carbons (Fsp3) is 0.750. The summed E-state index contributed by atoms with van der Waals surface area (Å²) in [4.78, 5) is 10.9. The molecule has 0 bridgehead atoms. The fourth-order valence-corrected chi connectivity index (χ4v) is 2.69. The number of aliphatic carboxylic acids is 1. The molecular formula is C12H19O2-. The molecule has 1 aliphatic rings. The van der Waals surface area contributed by atoms with Crippen LogP contribution in [-0.2, 0) is 4.79 Å². The zero-order chi connectivity index (χ0) is 10.9. The molecule has 1 fully saturated rings. The number of hydrogen-bond donors (Lipinski definition) is 0. The van der Waals surface area contributed by atoms with Crippen LogP contribution in [0, 0.1) is 23.2 Å². The van der Waals surface area contributed by atoms with E-state index >= 15 is 0 Å². The maximum atomic E-state index is 10.9. The topological polar surface area (TPSA) is 40.1 Å². The van der Waals surface area contributed by atoms with Crippen LogP contribution in [0.25, 0.3) is 0 Å². The maximum absolute atomic E-state index is 10.9. The SMILES string of the molecule is C=CC1CC(C(CC)C(=O)[O-])C1(C)C. The Morgan fingerprint density at radius 3 is 2.57 bits per heavy atom. The van der Waals surface area contributed by atoms with E-state index in [4.69, 9.17) is 0 Å². The van der Waals surface area contributed by atoms with E-state index in [0.29, 0.717) is 12.3 Å². The third-order valence-corrected chi connectivity index (χ3v) is 3.93. The summed E-state index contributed by atoms with van der Waals surface area (Å²) in [5, 5.41) is 10.9. The quantitative estimate of drug-likeness (QED) is 0.639. The lowest BCUT2D eigenvalue weighted by Gasteiger charge is -2.54. The Bertz CT molecular complexity index is 243. The summed E-state index contributed by atoms with van der Waals surface area (Å²) < 4.78 is 0. The Labute approximate surface area is 86.0 Å². The highest BCUT2D eigenvalue weighted by Crippen LogP contribution is 2.55. The molecule has 3 atom stereocenters. The zero-order valence-electron chi connectivity index (χ0n) is 9.25. The van der Waals surface area contributed by atoms with Gasteiger partial charge in [0.25, 0.3) is 0 Å². The average molecular weight is 195 g/mol. The molecule has 1 saturated carbocycles. The van der Waals surface area contributed by atoms with Gasteiger partial charge in [0.05, 0.1) is 0 Å². The van der Waals surface area contributed by atoms with E-state index < -0.39 is 5.97 Å². The van der Waals surface area contributed by atoms with E-state index in [1.54, 1.807) is 0 Å². The van der Waals surface area contributed by atoms with Crippen molar-refractivity contribution in [1.29, 1.82) is 0 Å². The van der Waals surface area contributed by atoms with Crippen LogP contribution in [0.5, 0.6) is 0 Å². The summed E-state index contributed by atoms with van der Waals surface area (Å²) in [6.07, 6.45) is 3.56. The van der Waals surface area contributed by atoms with Crippen LogP contribution in [0.15, 0.2) is 12.7 Å². The van der Waals surface area contributed by atoms with Gasteiger partial charge in [0.1, 0.15) is 0 Å². The number of allylic oxidation sites excluding steroid dienone is 1. The van der Waals surface area contributed by atoms with Crippen LogP contribution in [0.1, 0.15) is 33.6 Å². The molecule has 14 heavy (non-hydrogen) atoms. The van der Waals surface area contributed by atoms with Crippen LogP contribution in [0.4, 0.5) is 0 Å². The molecule has 0 heterocycles. The van der Waals surface area contributed by atoms with Gasteiger partial charge in [0, 0.05) is 11.9 Å². The lowest BCUT2D eigenvalue weighted by Crippen LogP contribution is -2.51. The van der Waals surface area contributed by atoms with Crippen molar-refractivity contribution < 1.29 is 9.90 Å². The highest BCUT2D eigenvalue weighted by Gasteiger charge is 2.49. The minimum atomic E-state index is -0.895. The monoisotopic (exact) mass is 195 g/mol. The summed E-state index contributed by atoms with van der Waals surface area (Å²) in [5.41, 5.74) is 0.0719. The van der Waals surface area contributed by atoms with Crippen molar-refractivity contribution in [1.82, 2.24) is 0 Å². The number of carboxylic acids is 1. The van der Waals surface area contributed by atoms with E-state index in [1.165, 1.54) is 0 Å². The van der Waals surface area contributed by atoms with Gasteiger partial charge in [-0.3, -0.25) is 0 Å². The molecule has 0 aromatic rings. The minimum absolute atomic E-state index is 0.0719. The summed E-state index contributed by atoms with van der Waals surface area (Å²) in [6.45, 7) is 9.94. The van der Waals surface area contributed by atoms with Gasteiger partial charge in [-0.2, -0.15) is 0 Å². The average Bonchev–Trinajstić information content (AvgIpc) is 2.10. The number of carboxylic acid groups (broad SMARTS) is 1. The third kappa shape index (κ3) is 1.58. The number of hydrogen-bond acceptors (Lipinski definition) is 2. The molecule has 2 nitrogen and oxygen atoms in total. The summed E-state index contributed by atoms with van der Waals surface area (Å²) in [5.74, 6) is -0.476. The third-order valence-electron chi connectivity index (χ3n) is 3.93. The molecule has 0 radical (unpaired) electrons. The van der Waals surface area contributed by atoms with Crippen molar-refractivity contribution in [3.63, 3.8) is 0 Å². The van der Waals surface area contributed by atoms with Crippen LogP contribution in [-0.4, -0.2) is 5.97 Å². The molecule has 0 aromatic heterocycles. The molecule has 0 saturated heterocycles. The Balaban J connectivity index is 2.73. The van der Waals surface area contributed by atoms with Gasteiger partial charge in [0.2, 0.25) is 0 Å². The van der Waals surface area contributed by atoms with Gasteiger partial charge >= 0.3 is 0 Å². The Morgan fingerprint density at radius 2 is 2.29 bits per heavy atom. The van der Waals surface area contributed by atoms with E-state index in [-0.39, 0.29) is 17.3 Å². The van der Waals surface area contributed by atoms with Crippen molar-refractivity contribution >= 4 is 5.97 Å². The molecule has 3 unspecified atom stereocenters. The predicted molar refractivity (Wildman–Crippen MR) is 54.4 cm³/mol. The molecule has 1 aliphatic carbocycles. The van der Waals surface area contributed by atoms with Crippen LogP contribution < -0.4 is 5.11 Å². The molecule has 0 amide bonds. The second-order valence-electron chi connectivity index (χ2n) is 4.84. The van der Waals surface area contributed by atoms with Crippen LogP contribution in [0.2, 0.25) is 0 Å². The van der Waals surface area contributed by atoms with Gasteiger partial charge in [-0.25, -0.2) is 0 Å². The highest BCUT2D eigenvalue weighted by atomic mass is 16.4. The van der Waals surface area contributed by atoms with Gasteiger partial charge in [-0.1, -0.05) is 26.8 Å².